The average Bonchev–Trinajstić information content (AvgIpc) is 0. The molecule has 0 aromatic heterocycles. The maximum Gasteiger partial charge on any atom is 3.00 e. The van der Waals surface area contributed by atoms with Crippen LogP contribution in [0.4, 0.5) is 0 Å². The Bertz CT molecular complexity index is 22.5. The molecule has 0 aliphatic rings. The fourth-order valence-corrected chi connectivity index (χ4v) is 0. The first-order valence-corrected chi connectivity index (χ1v) is 0. The molecule has 0 spiro atoms. The Balaban J connectivity index is 0. The van der Waals surface area contributed by atoms with E-state index in [4.69, 9.17) is 0 Å². The molecule has 7 nitrogen and oxygen atoms in total. The molecule has 0 saturated carbocycles. The Kier molecular flexibility index (Phi) is 1580. The maximum atomic E-state index is 0. The second-order valence-electron chi connectivity index (χ2n) is 0. The molecule has 0 amide bonds. The van der Waals surface area contributed by atoms with Gasteiger partial charge in [-0.3, -0.25) is 0 Å². The minimum absolute atomic E-state index is 0. The van der Waals surface area contributed by atoms with Crippen molar-refractivity contribution in [3.63, 3.8) is 0 Å². The van der Waals surface area contributed by atoms with E-state index in [1.165, 1.54) is 0 Å². The zero-order valence-electron chi connectivity index (χ0n) is 5.87. The normalized spacial score (nSPS) is 0. The van der Waals surface area contributed by atoms with Gasteiger partial charge < -0.3 is 38.3 Å². The average molecular weight is 802 g/mol. The summed E-state index contributed by atoms with van der Waals surface area (Å²) in [6.07, 6.45) is 0. The van der Waals surface area contributed by atoms with Crippen LogP contribution in [-0.4, -0.2) is 97.8 Å². The Hall–Kier alpha value is 6.60. The molecule has 0 saturated heterocycles. The van der Waals surface area contributed by atoms with Gasteiger partial charge in [-0.15, -0.1) is 0 Å². The van der Waals surface area contributed by atoms with E-state index in [1.54, 1.807) is 0 Å². The van der Waals surface area contributed by atoms with Crippen LogP contribution < -0.4 is 0 Å². The predicted octanol–water partition coefficient (Wildman–Crippen LogP) is -1.60. The van der Waals surface area contributed by atoms with Crippen LogP contribution in [0.5, 0.6) is 0 Å². The minimum Gasteiger partial charge on any atom is -2.00 e. The van der Waals surface area contributed by atoms with Crippen molar-refractivity contribution in [1.29, 1.82) is 0 Å². The second kappa shape index (κ2) is 132. The van der Waals surface area contributed by atoms with Crippen molar-refractivity contribution in [3.8, 4) is 0 Å². The molecule has 0 bridgehead atoms. The van der Waals surface area contributed by atoms with Crippen molar-refractivity contribution < 1.29 is 154 Å². The van der Waals surface area contributed by atoms with Gasteiger partial charge in [0.25, 0.3) is 0 Å². The maximum absolute atomic E-state index is 0. The van der Waals surface area contributed by atoms with Crippen LogP contribution in [0.25, 0.3) is 0 Å². The Morgan fingerprint density at radius 3 is 0.308 bits per heavy atom. The van der Waals surface area contributed by atoms with Crippen LogP contribution >= 0.6 is 0 Å². The summed E-state index contributed by atoms with van der Waals surface area (Å²) in [5.41, 5.74) is 0. The molecule has 76 valence electrons. The van der Waals surface area contributed by atoms with E-state index >= 15 is 0 Å². The summed E-state index contributed by atoms with van der Waals surface area (Å²) in [7, 11) is 0. The standard InChI is InChI=1S/2Ba.2Cu.2Nd.7O/q4*+2;2*+3;7*-2. The monoisotopic (exact) mass is 797 g/mol. The van der Waals surface area contributed by atoms with E-state index in [2.05, 4.69) is 0 Å². The van der Waals surface area contributed by atoms with Crippen molar-refractivity contribution in [1.82, 2.24) is 0 Å². The van der Waals surface area contributed by atoms with Crippen LogP contribution in [-0.2, 0) is 72.5 Å². The third kappa shape index (κ3) is 118. The Morgan fingerprint density at radius 2 is 0.308 bits per heavy atom. The summed E-state index contributed by atoms with van der Waals surface area (Å²) < 4.78 is 0. The van der Waals surface area contributed by atoms with E-state index in [0.29, 0.717) is 0 Å². The molecule has 0 aliphatic heterocycles. The van der Waals surface area contributed by atoms with Gasteiger partial charge in [-0.25, -0.2) is 0 Å². The van der Waals surface area contributed by atoms with Gasteiger partial charge in [0, 0.05) is 0 Å². The Labute approximate surface area is 244 Å². The van der Waals surface area contributed by atoms with E-state index in [-0.39, 0.29) is 252 Å². The quantitative estimate of drug-likeness (QED) is 0.255. The third-order valence-corrected chi connectivity index (χ3v) is 0. The summed E-state index contributed by atoms with van der Waals surface area (Å²) in [6, 6.07) is 0. The fourth-order valence-electron chi connectivity index (χ4n) is 0. The molecule has 0 N–H and O–H groups in total. The van der Waals surface area contributed by atoms with E-state index in [1.807, 2.05) is 0 Å². The first-order chi connectivity index (χ1) is 0. The largest absolute Gasteiger partial charge is 3.00 e. The molecule has 0 unspecified atom stereocenters. The predicted molar refractivity (Wildman–Crippen MR) is 16.3 cm³/mol. The van der Waals surface area contributed by atoms with Crippen LogP contribution in [0, 0.1) is 81.7 Å². The molecular formula is Ba2Cu2Nd2O7. The number of hydrogen-bond acceptors (Lipinski definition) is 0. The smallest absolute Gasteiger partial charge is 2.00 e. The second-order valence-corrected chi connectivity index (χ2v) is 0. The fraction of sp³-hybridized carbons (Fsp3) is 0. The molecular weight excluding hydrogens is 802 g/mol. The van der Waals surface area contributed by atoms with Gasteiger partial charge in [0.2, 0.25) is 0 Å². The van der Waals surface area contributed by atoms with Crippen LogP contribution in [0.2, 0.25) is 0 Å². The Morgan fingerprint density at radius 1 is 0.308 bits per heavy atom. The number of hydrogen-bond donors (Lipinski definition) is 0. The molecule has 4 radical (unpaired) electrons. The topological polar surface area (TPSA) is 200 Å². The minimum atomic E-state index is 0. The summed E-state index contributed by atoms with van der Waals surface area (Å²) >= 11 is 0. The molecule has 13 heteroatoms. The molecule has 0 aromatic carbocycles. The van der Waals surface area contributed by atoms with Gasteiger partial charge >= 0.3 is 214 Å². The molecule has 0 fully saturated rings. The third-order valence-electron chi connectivity index (χ3n) is 0. The van der Waals surface area contributed by atoms with E-state index in [0.717, 1.165) is 0 Å². The SMILES string of the molecule is [Ba+2].[Ba+2].[Cu+2].[Cu+2].[Nd+3].[Nd+3].[O-2].[O-2].[O-2].[O-2].[O-2].[O-2].[O-2]. The van der Waals surface area contributed by atoms with Crippen molar-refractivity contribution in [2.24, 2.45) is 0 Å². The molecule has 0 aliphatic carbocycles. The summed E-state index contributed by atoms with van der Waals surface area (Å²) in [6.45, 7) is 0. The van der Waals surface area contributed by atoms with Crippen molar-refractivity contribution in [3.05, 3.63) is 0 Å². The van der Waals surface area contributed by atoms with Crippen LogP contribution in [0.1, 0.15) is 0 Å². The van der Waals surface area contributed by atoms with Gasteiger partial charge in [-0.1, -0.05) is 0 Å². The summed E-state index contributed by atoms with van der Waals surface area (Å²) in [4.78, 5) is 0. The van der Waals surface area contributed by atoms with Crippen LogP contribution in [0.15, 0.2) is 0 Å². The van der Waals surface area contributed by atoms with Gasteiger partial charge in [-0.2, -0.15) is 0 Å². The van der Waals surface area contributed by atoms with Crippen molar-refractivity contribution in [2.75, 3.05) is 0 Å². The molecule has 0 heterocycles. The molecule has 13 heavy (non-hydrogen) atoms. The van der Waals surface area contributed by atoms with E-state index < -0.39 is 0 Å². The van der Waals surface area contributed by atoms with Gasteiger partial charge in [0.05, 0.1) is 0 Å². The number of rotatable bonds is 0. The zero-order chi connectivity index (χ0) is 0. The van der Waals surface area contributed by atoms with Crippen molar-refractivity contribution in [2.45, 2.75) is 0 Å². The summed E-state index contributed by atoms with van der Waals surface area (Å²) in [5.74, 6) is 0. The van der Waals surface area contributed by atoms with Gasteiger partial charge in [0.1, 0.15) is 0 Å². The first kappa shape index (κ1) is 156. The van der Waals surface area contributed by atoms with E-state index in [9.17, 15) is 0 Å². The molecule has 0 rings (SSSR count). The van der Waals surface area contributed by atoms with Crippen LogP contribution in [0.3, 0.4) is 0 Å². The van der Waals surface area contributed by atoms with Crippen molar-refractivity contribution >= 4 is 97.8 Å². The zero-order valence-corrected chi connectivity index (χ0v) is 23.1. The molecule has 0 atom stereocenters. The first-order valence-electron chi connectivity index (χ1n) is 0. The van der Waals surface area contributed by atoms with Gasteiger partial charge in [0.15, 0.2) is 0 Å². The molecule has 0 aromatic rings. The van der Waals surface area contributed by atoms with Gasteiger partial charge in [-0.05, 0) is 0 Å². The summed E-state index contributed by atoms with van der Waals surface area (Å²) in [5, 5.41) is 0.